The lowest BCUT2D eigenvalue weighted by Gasteiger charge is -2.32. The highest BCUT2D eigenvalue weighted by atomic mass is 32.2. The van der Waals surface area contributed by atoms with Crippen LogP contribution in [0.5, 0.6) is 11.5 Å². The molecule has 1 aromatic heterocycles. The second-order valence-corrected chi connectivity index (χ2v) is 13.1. The number of alkyl halides is 3. The molecule has 230 valence electrons. The zero-order valence-corrected chi connectivity index (χ0v) is 24.9. The molecule has 0 aliphatic carbocycles. The Kier molecular flexibility index (Phi) is 7.52. The van der Waals surface area contributed by atoms with Gasteiger partial charge in [0.05, 0.1) is 28.2 Å². The largest absolute Gasteiger partial charge is 0.486 e. The van der Waals surface area contributed by atoms with Gasteiger partial charge in [0.1, 0.15) is 19.0 Å². The Morgan fingerprint density at radius 3 is 2.41 bits per heavy atom. The fraction of sp³-hybridized carbons (Fsp3) is 0.303. The number of nitrogens with two attached hydrogens (primary N) is 1. The van der Waals surface area contributed by atoms with Crippen LogP contribution in [0.3, 0.4) is 0 Å². The minimum Gasteiger partial charge on any atom is -0.486 e. The first kappa shape index (κ1) is 30.2. The van der Waals surface area contributed by atoms with Crippen LogP contribution in [0.15, 0.2) is 70.5 Å². The van der Waals surface area contributed by atoms with E-state index in [1.165, 1.54) is 28.5 Å². The number of hydrogen-bond donors (Lipinski definition) is 1. The summed E-state index contributed by atoms with van der Waals surface area (Å²) in [4.78, 5) is 14.5. The molecule has 2 N–H and O–H groups in total. The molecule has 0 radical (unpaired) electrons. The van der Waals surface area contributed by atoms with Crippen LogP contribution in [-0.2, 0) is 12.6 Å². The fourth-order valence-electron chi connectivity index (χ4n) is 6.25. The Balaban J connectivity index is 1.65. The van der Waals surface area contributed by atoms with E-state index in [0.717, 1.165) is 23.8 Å². The summed E-state index contributed by atoms with van der Waals surface area (Å²) in [6, 6.07) is 13.5. The second kappa shape index (κ2) is 11.0. The predicted molar refractivity (Wildman–Crippen MR) is 158 cm³/mol. The maximum absolute atomic E-state index is 16.1. The number of halogens is 5. The van der Waals surface area contributed by atoms with Gasteiger partial charge in [-0.1, -0.05) is 48.2 Å². The van der Waals surface area contributed by atoms with Crippen LogP contribution >= 0.6 is 11.8 Å². The van der Waals surface area contributed by atoms with E-state index in [9.17, 15) is 18.0 Å². The van der Waals surface area contributed by atoms with Gasteiger partial charge < -0.3 is 15.2 Å². The van der Waals surface area contributed by atoms with E-state index in [1.807, 2.05) is 44.2 Å². The minimum atomic E-state index is -4.82. The molecule has 2 atom stereocenters. The Labute approximate surface area is 254 Å². The average molecular weight is 629 g/mol. The number of hydrogen-bond acceptors (Lipinski definition) is 5. The topological polar surface area (TPSA) is 66.5 Å². The molecule has 44 heavy (non-hydrogen) atoms. The van der Waals surface area contributed by atoms with Gasteiger partial charge in [-0.25, -0.2) is 8.78 Å². The molecule has 0 fully saturated rings. The first-order chi connectivity index (χ1) is 20.8. The molecule has 11 heteroatoms. The SMILES string of the molecule is Cc1c(Cc2c(F)cccc2C(F)(F)F)c2n(c(=O)c1-c1ccc3c(c1F)OCCO3)C(C(N)c1ccccc1)C(C)(C)S2. The van der Waals surface area contributed by atoms with E-state index in [-0.39, 0.29) is 47.0 Å². The third-order valence-corrected chi connectivity index (χ3v) is 9.71. The van der Waals surface area contributed by atoms with Gasteiger partial charge in [0.15, 0.2) is 17.3 Å². The number of aromatic nitrogens is 1. The first-order valence-electron chi connectivity index (χ1n) is 14.0. The van der Waals surface area contributed by atoms with Crippen LogP contribution in [0.4, 0.5) is 22.0 Å². The maximum Gasteiger partial charge on any atom is 0.416 e. The molecule has 5 nitrogen and oxygen atoms in total. The van der Waals surface area contributed by atoms with Gasteiger partial charge in [-0.05, 0) is 61.7 Å². The number of pyridine rings is 1. The molecule has 3 aromatic carbocycles. The Bertz CT molecular complexity index is 1820. The number of ether oxygens (including phenoxy) is 2. The van der Waals surface area contributed by atoms with E-state index in [0.29, 0.717) is 5.03 Å². The first-order valence-corrected chi connectivity index (χ1v) is 14.8. The number of benzene rings is 3. The normalized spacial score (nSPS) is 17.8. The number of fused-ring (bicyclic) bond motifs is 2. The van der Waals surface area contributed by atoms with Crippen molar-refractivity contribution in [1.82, 2.24) is 4.57 Å². The van der Waals surface area contributed by atoms with E-state index < -0.39 is 57.7 Å². The van der Waals surface area contributed by atoms with Gasteiger partial charge in [0, 0.05) is 22.3 Å². The van der Waals surface area contributed by atoms with Crippen molar-refractivity contribution >= 4 is 11.8 Å². The van der Waals surface area contributed by atoms with Crippen molar-refractivity contribution in [3.05, 3.63) is 110 Å². The predicted octanol–water partition coefficient (Wildman–Crippen LogP) is 7.61. The van der Waals surface area contributed by atoms with E-state index in [2.05, 4.69) is 0 Å². The van der Waals surface area contributed by atoms with Crippen LogP contribution in [0.25, 0.3) is 11.1 Å². The highest BCUT2D eigenvalue weighted by Crippen LogP contribution is 2.54. The molecule has 4 aromatic rings. The van der Waals surface area contributed by atoms with Crippen LogP contribution < -0.4 is 20.8 Å². The Morgan fingerprint density at radius 2 is 1.70 bits per heavy atom. The lowest BCUT2D eigenvalue weighted by Crippen LogP contribution is -2.39. The quantitative estimate of drug-likeness (QED) is 0.231. The van der Waals surface area contributed by atoms with Crippen molar-refractivity contribution in [2.24, 2.45) is 5.73 Å². The zero-order chi connectivity index (χ0) is 31.6. The zero-order valence-electron chi connectivity index (χ0n) is 24.1. The molecular formula is C33H29F5N2O3S. The minimum absolute atomic E-state index is 0.0633. The van der Waals surface area contributed by atoms with Gasteiger partial charge in [-0.3, -0.25) is 9.36 Å². The molecule has 2 aliphatic rings. The molecule has 0 amide bonds. The Hall–Kier alpha value is -3.83. The molecule has 3 heterocycles. The van der Waals surface area contributed by atoms with Gasteiger partial charge in [0.25, 0.3) is 5.56 Å². The van der Waals surface area contributed by atoms with Crippen molar-refractivity contribution in [2.45, 2.75) is 55.2 Å². The van der Waals surface area contributed by atoms with E-state index in [1.54, 1.807) is 6.92 Å². The van der Waals surface area contributed by atoms with Gasteiger partial charge in [-0.15, -0.1) is 0 Å². The second-order valence-electron chi connectivity index (χ2n) is 11.4. The number of rotatable bonds is 5. The van der Waals surface area contributed by atoms with E-state index in [4.69, 9.17) is 15.2 Å². The summed E-state index contributed by atoms with van der Waals surface area (Å²) in [7, 11) is 0. The molecule has 2 unspecified atom stereocenters. The van der Waals surface area contributed by atoms with Gasteiger partial charge >= 0.3 is 6.18 Å². The molecule has 0 spiro atoms. The van der Waals surface area contributed by atoms with Crippen molar-refractivity contribution in [3.63, 3.8) is 0 Å². The molecule has 0 bridgehead atoms. The third-order valence-electron chi connectivity index (χ3n) is 8.31. The molecular weight excluding hydrogens is 599 g/mol. The fourth-order valence-corrected chi connectivity index (χ4v) is 7.76. The standard InChI is InChI=1S/C33H29F5N2O3S/c1-17-20(16-21-22(33(36,37)38)10-7-11-23(21)34)31-40(29(32(2,3)44-31)27(39)18-8-5-4-6-9-18)30(41)25(17)19-12-13-24-28(26(19)35)43-15-14-42-24/h4-13,27,29H,14-16,39H2,1-3H3. The summed E-state index contributed by atoms with van der Waals surface area (Å²) in [5.74, 6) is -1.83. The smallest absolute Gasteiger partial charge is 0.416 e. The maximum atomic E-state index is 16.1. The molecule has 0 saturated carbocycles. The summed E-state index contributed by atoms with van der Waals surface area (Å²) in [5, 5.41) is 0.368. The summed E-state index contributed by atoms with van der Waals surface area (Å²) in [5.41, 5.74) is 5.69. The van der Waals surface area contributed by atoms with Gasteiger partial charge in [-0.2, -0.15) is 13.2 Å². The summed E-state index contributed by atoms with van der Waals surface area (Å²) >= 11 is 1.29. The molecule has 2 aliphatic heterocycles. The molecule has 0 saturated heterocycles. The van der Waals surface area contributed by atoms with Crippen LogP contribution in [0.1, 0.15) is 53.7 Å². The average Bonchev–Trinajstić information content (AvgIpc) is 3.27. The van der Waals surface area contributed by atoms with Crippen molar-refractivity contribution < 1.29 is 31.4 Å². The summed E-state index contributed by atoms with van der Waals surface area (Å²) in [6.07, 6.45) is -5.31. The number of thioether (sulfide) groups is 1. The highest BCUT2D eigenvalue weighted by molar-refractivity contribution is 8.00. The van der Waals surface area contributed by atoms with Crippen LogP contribution in [-0.4, -0.2) is 22.5 Å². The van der Waals surface area contributed by atoms with E-state index >= 15 is 8.78 Å². The highest BCUT2D eigenvalue weighted by Gasteiger charge is 2.47. The van der Waals surface area contributed by atoms with Crippen molar-refractivity contribution in [1.29, 1.82) is 0 Å². The monoisotopic (exact) mass is 628 g/mol. The van der Waals surface area contributed by atoms with Crippen LogP contribution in [0, 0.1) is 18.6 Å². The Morgan fingerprint density at radius 1 is 1.00 bits per heavy atom. The van der Waals surface area contributed by atoms with Crippen LogP contribution in [0.2, 0.25) is 0 Å². The number of nitrogens with zero attached hydrogens (tertiary/aromatic N) is 1. The lowest BCUT2D eigenvalue weighted by atomic mass is 9.88. The van der Waals surface area contributed by atoms with Crippen molar-refractivity contribution in [2.75, 3.05) is 13.2 Å². The summed E-state index contributed by atoms with van der Waals surface area (Å²) in [6.45, 7) is 5.67. The molecule has 6 rings (SSSR count). The van der Waals surface area contributed by atoms with Crippen molar-refractivity contribution in [3.8, 4) is 22.6 Å². The summed E-state index contributed by atoms with van der Waals surface area (Å²) < 4.78 is 85.3. The lowest BCUT2D eigenvalue weighted by molar-refractivity contribution is -0.138. The third kappa shape index (κ3) is 4.95. The van der Waals surface area contributed by atoms with Gasteiger partial charge in [0.2, 0.25) is 0 Å².